The Morgan fingerprint density at radius 1 is 1.26 bits per heavy atom. The number of benzene rings is 1. The Labute approximate surface area is 147 Å². The highest BCUT2D eigenvalue weighted by Gasteiger charge is 2.26. The fraction of sp³-hybridized carbons (Fsp3) is 0.611. The molecule has 1 saturated heterocycles. The van der Waals surface area contributed by atoms with Crippen LogP contribution < -0.4 is 15.4 Å². The fourth-order valence-electron chi connectivity index (χ4n) is 2.72. The molecule has 2 rings (SSSR count). The lowest BCUT2D eigenvalue weighted by Gasteiger charge is -2.34. The molecule has 0 unspecified atom stereocenters. The van der Waals surface area contributed by atoms with E-state index in [1.54, 1.807) is 0 Å². The first kappa shape index (κ1) is 18.3. The molecule has 0 bridgehead atoms. The lowest BCUT2D eigenvalue weighted by atomic mass is 9.81. The van der Waals surface area contributed by atoms with Crippen LogP contribution in [0.5, 0.6) is 5.75 Å². The van der Waals surface area contributed by atoms with Crippen LogP contribution in [0.4, 0.5) is 0 Å². The van der Waals surface area contributed by atoms with E-state index >= 15 is 0 Å². The SMILES string of the molecule is CC1(CNC(=O)CCCCOc2ccc(Br)cc2)CCNCC1. The quantitative estimate of drug-likeness (QED) is 0.676. The fourth-order valence-corrected chi connectivity index (χ4v) is 2.98. The second-order valence-electron chi connectivity index (χ2n) is 6.60. The number of carbonyl (C=O) groups is 1. The third-order valence-electron chi connectivity index (χ3n) is 4.40. The highest BCUT2D eigenvalue weighted by molar-refractivity contribution is 9.10. The number of unbranched alkanes of at least 4 members (excludes halogenated alkanes) is 1. The van der Waals surface area contributed by atoms with E-state index in [1.165, 1.54) is 0 Å². The molecule has 4 nitrogen and oxygen atoms in total. The van der Waals surface area contributed by atoms with Crippen LogP contribution in [0.3, 0.4) is 0 Å². The summed E-state index contributed by atoms with van der Waals surface area (Å²) in [6.45, 7) is 5.82. The average molecular weight is 383 g/mol. The molecule has 0 radical (unpaired) electrons. The van der Waals surface area contributed by atoms with Crippen LogP contribution in [-0.2, 0) is 4.79 Å². The molecule has 0 atom stereocenters. The Bertz CT molecular complexity index is 484. The van der Waals surface area contributed by atoms with Gasteiger partial charge in [-0.3, -0.25) is 4.79 Å². The smallest absolute Gasteiger partial charge is 0.220 e. The van der Waals surface area contributed by atoms with Gasteiger partial charge in [-0.05, 0) is 68.5 Å². The first-order valence-corrected chi connectivity index (χ1v) is 9.23. The zero-order chi connectivity index (χ0) is 16.5. The van der Waals surface area contributed by atoms with Gasteiger partial charge in [0, 0.05) is 17.4 Å². The number of halogens is 1. The molecular weight excluding hydrogens is 356 g/mol. The van der Waals surface area contributed by atoms with Crippen LogP contribution in [-0.4, -0.2) is 32.1 Å². The third-order valence-corrected chi connectivity index (χ3v) is 4.93. The van der Waals surface area contributed by atoms with Gasteiger partial charge in [-0.2, -0.15) is 0 Å². The molecule has 23 heavy (non-hydrogen) atoms. The molecular formula is C18H27BrN2O2. The van der Waals surface area contributed by atoms with Crippen LogP contribution in [0, 0.1) is 5.41 Å². The van der Waals surface area contributed by atoms with E-state index in [0.717, 1.165) is 55.5 Å². The van der Waals surface area contributed by atoms with Gasteiger partial charge in [-0.1, -0.05) is 22.9 Å². The Hall–Kier alpha value is -1.07. The summed E-state index contributed by atoms with van der Waals surface area (Å²) in [5.41, 5.74) is 0.256. The minimum Gasteiger partial charge on any atom is -0.494 e. The lowest BCUT2D eigenvalue weighted by molar-refractivity contribution is -0.121. The Morgan fingerprint density at radius 2 is 1.96 bits per heavy atom. The Morgan fingerprint density at radius 3 is 2.65 bits per heavy atom. The minimum atomic E-state index is 0.161. The van der Waals surface area contributed by atoms with Crippen molar-refractivity contribution < 1.29 is 9.53 Å². The lowest BCUT2D eigenvalue weighted by Crippen LogP contribution is -2.42. The van der Waals surface area contributed by atoms with E-state index in [0.29, 0.717) is 13.0 Å². The van der Waals surface area contributed by atoms with E-state index in [1.807, 2.05) is 24.3 Å². The summed E-state index contributed by atoms with van der Waals surface area (Å²) in [6, 6.07) is 7.81. The van der Waals surface area contributed by atoms with Crippen molar-refractivity contribution in [2.45, 2.75) is 39.0 Å². The molecule has 1 heterocycles. The molecule has 2 N–H and O–H groups in total. The summed E-state index contributed by atoms with van der Waals surface area (Å²) < 4.78 is 6.70. The second-order valence-corrected chi connectivity index (χ2v) is 7.51. The van der Waals surface area contributed by atoms with Crippen LogP contribution >= 0.6 is 15.9 Å². The molecule has 1 aliphatic rings. The minimum absolute atomic E-state index is 0.161. The van der Waals surface area contributed by atoms with E-state index < -0.39 is 0 Å². The average Bonchev–Trinajstić information content (AvgIpc) is 2.55. The van der Waals surface area contributed by atoms with E-state index in [2.05, 4.69) is 33.5 Å². The first-order valence-electron chi connectivity index (χ1n) is 8.43. The molecule has 1 fully saturated rings. The molecule has 1 amide bonds. The maximum absolute atomic E-state index is 11.9. The molecule has 1 aromatic carbocycles. The van der Waals surface area contributed by atoms with Gasteiger partial charge >= 0.3 is 0 Å². The highest BCUT2D eigenvalue weighted by Crippen LogP contribution is 2.26. The van der Waals surface area contributed by atoms with E-state index in [9.17, 15) is 4.79 Å². The van der Waals surface area contributed by atoms with Crippen LogP contribution in [0.25, 0.3) is 0 Å². The van der Waals surface area contributed by atoms with Crippen molar-refractivity contribution in [2.75, 3.05) is 26.2 Å². The first-order chi connectivity index (χ1) is 11.1. The molecule has 0 saturated carbocycles. The van der Waals surface area contributed by atoms with Gasteiger partial charge in [-0.15, -0.1) is 0 Å². The number of hydrogen-bond donors (Lipinski definition) is 2. The van der Waals surface area contributed by atoms with Crippen molar-refractivity contribution >= 4 is 21.8 Å². The molecule has 0 aliphatic carbocycles. The van der Waals surface area contributed by atoms with Crippen LogP contribution in [0.1, 0.15) is 39.0 Å². The van der Waals surface area contributed by atoms with Crippen molar-refractivity contribution in [3.8, 4) is 5.75 Å². The predicted molar refractivity (Wildman–Crippen MR) is 96.7 cm³/mol. The van der Waals surface area contributed by atoms with Gasteiger partial charge in [0.1, 0.15) is 5.75 Å². The van der Waals surface area contributed by atoms with Gasteiger partial charge in [0.25, 0.3) is 0 Å². The van der Waals surface area contributed by atoms with E-state index in [4.69, 9.17) is 4.74 Å². The summed E-state index contributed by atoms with van der Waals surface area (Å²) in [5.74, 6) is 1.03. The Kier molecular flexibility index (Phi) is 7.37. The maximum Gasteiger partial charge on any atom is 0.220 e. The number of piperidine rings is 1. The number of hydrogen-bond acceptors (Lipinski definition) is 3. The van der Waals surface area contributed by atoms with E-state index in [-0.39, 0.29) is 11.3 Å². The number of carbonyl (C=O) groups excluding carboxylic acids is 1. The zero-order valence-corrected chi connectivity index (χ0v) is 15.5. The van der Waals surface area contributed by atoms with Crippen molar-refractivity contribution in [3.05, 3.63) is 28.7 Å². The van der Waals surface area contributed by atoms with Crippen LogP contribution in [0.15, 0.2) is 28.7 Å². The molecule has 128 valence electrons. The number of nitrogens with one attached hydrogen (secondary N) is 2. The molecule has 1 aliphatic heterocycles. The monoisotopic (exact) mass is 382 g/mol. The van der Waals surface area contributed by atoms with Crippen molar-refractivity contribution in [1.29, 1.82) is 0 Å². The molecule has 1 aromatic rings. The third kappa shape index (κ3) is 6.92. The van der Waals surface area contributed by atoms with Crippen molar-refractivity contribution in [2.24, 2.45) is 5.41 Å². The summed E-state index contributed by atoms with van der Waals surface area (Å²) in [5, 5.41) is 6.46. The van der Waals surface area contributed by atoms with Gasteiger partial charge in [-0.25, -0.2) is 0 Å². The topological polar surface area (TPSA) is 50.4 Å². The second kappa shape index (κ2) is 9.28. The summed E-state index contributed by atoms with van der Waals surface area (Å²) in [6.07, 6.45) is 4.60. The van der Waals surface area contributed by atoms with Gasteiger partial charge in [0.05, 0.1) is 6.61 Å². The maximum atomic E-state index is 11.9. The number of ether oxygens (including phenoxy) is 1. The normalized spacial score (nSPS) is 16.8. The number of rotatable bonds is 8. The summed E-state index contributed by atoms with van der Waals surface area (Å²) in [4.78, 5) is 11.9. The zero-order valence-electron chi connectivity index (χ0n) is 13.9. The van der Waals surface area contributed by atoms with Crippen molar-refractivity contribution in [1.82, 2.24) is 10.6 Å². The molecule has 5 heteroatoms. The van der Waals surface area contributed by atoms with Gasteiger partial charge in [0.2, 0.25) is 5.91 Å². The van der Waals surface area contributed by atoms with Crippen LogP contribution in [0.2, 0.25) is 0 Å². The molecule has 0 aromatic heterocycles. The van der Waals surface area contributed by atoms with Crippen molar-refractivity contribution in [3.63, 3.8) is 0 Å². The number of amides is 1. The predicted octanol–water partition coefficient (Wildman–Crippen LogP) is 3.50. The summed E-state index contributed by atoms with van der Waals surface area (Å²) >= 11 is 3.40. The standard InChI is InChI=1S/C18H27BrN2O2/c1-18(9-11-20-12-10-18)14-21-17(22)4-2-3-13-23-16-7-5-15(19)6-8-16/h5-8,20H,2-4,9-14H2,1H3,(H,21,22). The Balaban J connectivity index is 1.53. The highest BCUT2D eigenvalue weighted by atomic mass is 79.9. The van der Waals surface area contributed by atoms with Gasteiger partial charge in [0.15, 0.2) is 0 Å². The molecule has 0 spiro atoms. The van der Waals surface area contributed by atoms with Gasteiger partial charge < -0.3 is 15.4 Å². The summed E-state index contributed by atoms with van der Waals surface area (Å²) in [7, 11) is 0. The largest absolute Gasteiger partial charge is 0.494 e.